The molecule has 4 rings (SSSR count). The van der Waals surface area contributed by atoms with E-state index in [9.17, 15) is 0 Å². The van der Waals surface area contributed by atoms with E-state index in [1.54, 1.807) is 18.4 Å². The molecule has 3 aromatic rings. The second kappa shape index (κ2) is 6.42. The smallest absolute Gasteiger partial charge is 0.120 e. The molecule has 2 heterocycles. The van der Waals surface area contributed by atoms with Gasteiger partial charge in [0.2, 0.25) is 0 Å². The summed E-state index contributed by atoms with van der Waals surface area (Å²) in [6, 6.07) is 15.2. The molecule has 124 valence electrons. The van der Waals surface area contributed by atoms with Crippen molar-refractivity contribution in [3.05, 3.63) is 53.0 Å². The first kappa shape index (κ1) is 15.4. The van der Waals surface area contributed by atoms with Crippen LogP contribution >= 0.6 is 11.3 Å². The maximum atomic E-state index is 5.32. The van der Waals surface area contributed by atoms with Gasteiger partial charge in [-0.2, -0.15) is 0 Å². The van der Waals surface area contributed by atoms with Crippen molar-refractivity contribution in [1.29, 1.82) is 0 Å². The number of nitrogens with one attached hydrogen (secondary N) is 1. The highest BCUT2D eigenvalue weighted by atomic mass is 32.1. The van der Waals surface area contributed by atoms with Crippen LogP contribution in [0.25, 0.3) is 10.2 Å². The van der Waals surface area contributed by atoms with Crippen molar-refractivity contribution >= 4 is 27.2 Å². The molecule has 24 heavy (non-hydrogen) atoms. The number of methoxy groups -OCH3 is 1. The SMILES string of the molecule is COc1ccc2nc(CN3CC(C)NCc4ccccc43)sc2c1. The maximum Gasteiger partial charge on any atom is 0.120 e. The molecule has 0 radical (unpaired) electrons. The Morgan fingerprint density at radius 3 is 3.04 bits per heavy atom. The Bertz CT molecular complexity index is 861. The molecule has 0 amide bonds. The Hall–Kier alpha value is -2.11. The van der Waals surface area contributed by atoms with E-state index in [0.717, 1.165) is 35.9 Å². The van der Waals surface area contributed by atoms with Crippen LogP contribution < -0.4 is 15.0 Å². The van der Waals surface area contributed by atoms with Gasteiger partial charge in [-0.15, -0.1) is 11.3 Å². The van der Waals surface area contributed by atoms with Gasteiger partial charge in [0.15, 0.2) is 0 Å². The fourth-order valence-electron chi connectivity index (χ4n) is 3.21. The summed E-state index contributed by atoms with van der Waals surface area (Å²) in [5.74, 6) is 0.885. The molecule has 1 aliphatic rings. The standard InChI is InChI=1S/C19H21N3OS/c1-13-11-22(17-6-4-3-5-14(17)10-20-13)12-19-21-16-8-7-15(23-2)9-18(16)24-19/h3-9,13,20H,10-12H2,1-2H3. The quantitative estimate of drug-likeness (QED) is 0.787. The number of para-hydroxylation sites is 1. The average Bonchev–Trinajstić information content (AvgIpc) is 2.93. The molecule has 1 unspecified atom stereocenters. The van der Waals surface area contributed by atoms with Crippen LogP contribution in [-0.4, -0.2) is 24.7 Å². The van der Waals surface area contributed by atoms with Gasteiger partial charge >= 0.3 is 0 Å². The monoisotopic (exact) mass is 339 g/mol. The van der Waals surface area contributed by atoms with Crippen molar-refractivity contribution in [3.8, 4) is 5.75 Å². The van der Waals surface area contributed by atoms with Crippen LogP contribution in [-0.2, 0) is 13.1 Å². The van der Waals surface area contributed by atoms with E-state index < -0.39 is 0 Å². The molecule has 4 nitrogen and oxygen atoms in total. The molecule has 0 aliphatic carbocycles. The Morgan fingerprint density at radius 1 is 1.29 bits per heavy atom. The average molecular weight is 339 g/mol. The predicted octanol–water partition coefficient (Wildman–Crippen LogP) is 3.80. The molecular weight excluding hydrogens is 318 g/mol. The Morgan fingerprint density at radius 2 is 2.17 bits per heavy atom. The van der Waals surface area contributed by atoms with E-state index in [2.05, 4.69) is 47.5 Å². The first-order chi connectivity index (χ1) is 11.7. The minimum atomic E-state index is 0.451. The fraction of sp³-hybridized carbons (Fsp3) is 0.316. The summed E-state index contributed by atoms with van der Waals surface area (Å²) >= 11 is 1.75. The van der Waals surface area contributed by atoms with Crippen LogP contribution in [0, 0.1) is 0 Å². The van der Waals surface area contributed by atoms with Crippen LogP contribution in [0.4, 0.5) is 5.69 Å². The van der Waals surface area contributed by atoms with Crippen LogP contribution in [0.1, 0.15) is 17.5 Å². The second-order valence-electron chi connectivity index (χ2n) is 6.23. The van der Waals surface area contributed by atoms with E-state index in [0.29, 0.717) is 6.04 Å². The van der Waals surface area contributed by atoms with E-state index in [1.807, 2.05) is 12.1 Å². The third-order valence-electron chi connectivity index (χ3n) is 4.43. The number of hydrogen-bond acceptors (Lipinski definition) is 5. The van der Waals surface area contributed by atoms with Gasteiger partial charge in [0.1, 0.15) is 10.8 Å². The van der Waals surface area contributed by atoms with Gasteiger partial charge in [-0.25, -0.2) is 4.98 Å². The van der Waals surface area contributed by atoms with Crippen molar-refractivity contribution in [1.82, 2.24) is 10.3 Å². The number of aromatic nitrogens is 1. The van der Waals surface area contributed by atoms with Crippen LogP contribution in [0.5, 0.6) is 5.75 Å². The number of fused-ring (bicyclic) bond motifs is 2. The van der Waals surface area contributed by atoms with Crippen LogP contribution in [0.2, 0.25) is 0 Å². The number of ether oxygens (including phenoxy) is 1. The van der Waals surface area contributed by atoms with Crippen LogP contribution in [0.15, 0.2) is 42.5 Å². The van der Waals surface area contributed by atoms with Crippen molar-refractivity contribution in [2.45, 2.75) is 26.1 Å². The molecule has 0 saturated heterocycles. The van der Waals surface area contributed by atoms with E-state index in [4.69, 9.17) is 9.72 Å². The van der Waals surface area contributed by atoms with Gasteiger partial charge in [-0.1, -0.05) is 18.2 Å². The van der Waals surface area contributed by atoms with E-state index >= 15 is 0 Å². The highest BCUT2D eigenvalue weighted by molar-refractivity contribution is 7.18. The summed E-state index contributed by atoms with van der Waals surface area (Å²) in [7, 11) is 1.70. The van der Waals surface area contributed by atoms with Gasteiger partial charge in [0, 0.05) is 24.8 Å². The van der Waals surface area contributed by atoms with Crippen LogP contribution in [0.3, 0.4) is 0 Å². The van der Waals surface area contributed by atoms with Gasteiger partial charge < -0.3 is 15.0 Å². The zero-order valence-corrected chi connectivity index (χ0v) is 14.8. The van der Waals surface area contributed by atoms with E-state index in [-0.39, 0.29) is 0 Å². The van der Waals surface area contributed by atoms with Gasteiger partial charge in [-0.05, 0) is 36.8 Å². The lowest BCUT2D eigenvalue weighted by Crippen LogP contribution is -2.35. The van der Waals surface area contributed by atoms with Crippen molar-refractivity contribution in [2.24, 2.45) is 0 Å². The summed E-state index contributed by atoms with van der Waals surface area (Å²) in [6.07, 6.45) is 0. The zero-order chi connectivity index (χ0) is 16.5. The van der Waals surface area contributed by atoms with E-state index in [1.165, 1.54) is 16.0 Å². The zero-order valence-electron chi connectivity index (χ0n) is 14.0. The molecule has 1 aliphatic heterocycles. The summed E-state index contributed by atoms with van der Waals surface area (Å²) in [5, 5.41) is 4.72. The molecule has 0 saturated carbocycles. The highest BCUT2D eigenvalue weighted by Crippen LogP contribution is 2.30. The number of hydrogen-bond donors (Lipinski definition) is 1. The number of nitrogens with zero attached hydrogens (tertiary/aromatic N) is 2. The Labute approximate surface area is 146 Å². The van der Waals surface area contributed by atoms with Crippen molar-refractivity contribution in [2.75, 3.05) is 18.6 Å². The van der Waals surface area contributed by atoms with Gasteiger partial charge in [0.05, 0.1) is 23.9 Å². The highest BCUT2D eigenvalue weighted by Gasteiger charge is 2.20. The fourth-order valence-corrected chi connectivity index (χ4v) is 4.22. The first-order valence-corrected chi connectivity index (χ1v) is 9.04. The van der Waals surface area contributed by atoms with Gasteiger partial charge in [0.25, 0.3) is 0 Å². The number of thiazole rings is 1. The molecule has 1 aromatic heterocycles. The Kier molecular flexibility index (Phi) is 4.12. The van der Waals surface area contributed by atoms with Gasteiger partial charge in [-0.3, -0.25) is 0 Å². The number of anilines is 1. The summed E-state index contributed by atoms with van der Waals surface area (Å²) in [6.45, 7) is 4.98. The normalized spacial score (nSPS) is 17.6. The molecule has 1 N–H and O–H groups in total. The molecule has 2 aromatic carbocycles. The molecule has 0 spiro atoms. The summed E-state index contributed by atoms with van der Waals surface area (Å²) < 4.78 is 6.50. The predicted molar refractivity (Wildman–Crippen MR) is 100.0 cm³/mol. The second-order valence-corrected chi connectivity index (χ2v) is 7.35. The molecule has 0 fully saturated rings. The molecule has 5 heteroatoms. The third kappa shape index (κ3) is 2.97. The lowest BCUT2D eigenvalue weighted by Gasteiger charge is -2.25. The van der Waals surface area contributed by atoms with Crippen molar-refractivity contribution in [3.63, 3.8) is 0 Å². The lowest BCUT2D eigenvalue weighted by atomic mass is 10.1. The summed E-state index contributed by atoms with van der Waals surface area (Å²) in [5.41, 5.74) is 3.71. The maximum absolute atomic E-state index is 5.32. The third-order valence-corrected chi connectivity index (χ3v) is 5.44. The number of rotatable bonds is 3. The minimum Gasteiger partial charge on any atom is -0.497 e. The largest absolute Gasteiger partial charge is 0.497 e. The lowest BCUT2D eigenvalue weighted by molar-refractivity contribution is 0.415. The summed E-state index contributed by atoms with van der Waals surface area (Å²) in [4.78, 5) is 7.25. The Balaban J connectivity index is 1.66. The van der Waals surface area contributed by atoms with Crippen molar-refractivity contribution < 1.29 is 4.74 Å². The topological polar surface area (TPSA) is 37.4 Å². The number of benzene rings is 2. The molecular formula is C19H21N3OS. The minimum absolute atomic E-state index is 0.451. The molecule has 0 bridgehead atoms. The molecule has 1 atom stereocenters. The first-order valence-electron chi connectivity index (χ1n) is 8.22.